The first-order chi connectivity index (χ1) is 16.5. The Morgan fingerprint density at radius 3 is 2.56 bits per heavy atom. The number of halogens is 1. The van der Waals surface area contributed by atoms with Gasteiger partial charge in [0.05, 0.1) is 29.0 Å². The fourth-order valence-electron chi connectivity index (χ4n) is 3.97. The smallest absolute Gasteiger partial charge is 0.338 e. The van der Waals surface area contributed by atoms with Gasteiger partial charge in [-0.3, -0.25) is 9.36 Å². The second-order valence-corrected chi connectivity index (χ2v) is 9.62. The Morgan fingerprint density at radius 1 is 1.12 bits per heavy atom. The summed E-state index contributed by atoms with van der Waals surface area (Å²) < 4.78 is 14.0. The summed E-state index contributed by atoms with van der Waals surface area (Å²) in [5.41, 5.74) is 2.38. The van der Waals surface area contributed by atoms with Crippen LogP contribution in [-0.4, -0.2) is 17.6 Å². The van der Waals surface area contributed by atoms with Gasteiger partial charge in [-0.15, -0.1) is 0 Å². The maximum atomic E-state index is 13.5. The molecule has 0 radical (unpaired) electrons. The van der Waals surface area contributed by atoms with Crippen molar-refractivity contribution in [2.45, 2.75) is 13.0 Å². The highest BCUT2D eigenvalue weighted by molar-refractivity contribution is 9.10. The van der Waals surface area contributed by atoms with E-state index in [2.05, 4.69) is 20.9 Å². The van der Waals surface area contributed by atoms with E-state index in [1.165, 1.54) is 18.4 Å². The number of allylic oxidation sites excluding steroid dienone is 1. The predicted octanol–water partition coefficient (Wildman–Crippen LogP) is 4.43. The molecule has 5 rings (SSSR count). The Bertz CT molecular complexity index is 1590. The highest BCUT2D eigenvalue weighted by Gasteiger charge is 2.32. The molecule has 4 aromatic rings. The third-order valence-corrected chi connectivity index (χ3v) is 7.08. The van der Waals surface area contributed by atoms with E-state index in [4.69, 9.17) is 9.15 Å². The van der Waals surface area contributed by atoms with E-state index >= 15 is 0 Å². The van der Waals surface area contributed by atoms with Crippen LogP contribution in [0.15, 0.2) is 96.7 Å². The monoisotopic (exact) mass is 534 g/mol. The minimum Gasteiger partial charge on any atom is -0.466 e. The van der Waals surface area contributed by atoms with Gasteiger partial charge in [0.1, 0.15) is 11.5 Å². The van der Waals surface area contributed by atoms with Gasteiger partial charge in [0, 0.05) is 16.1 Å². The van der Waals surface area contributed by atoms with Crippen molar-refractivity contribution < 1.29 is 13.9 Å². The van der Waals surface area contributed by atoms with E-state index < -0.39 is 12.0 Å². The van der Waals surface area contributed by atoms with E-state index in [9.17, 15) is 9.59 Å². The lowest BCUT2D eigenvalue weighted by Gasteiger charge is -2.24. The van der Waals surface area contributed by atoms with Gasteiger partial charge in [-0.1, -0.05) is 69.7 Å². The normalized spacial score (nSPS) is 15.7. The maximum Gasteiger partial charge on any atom is 0.338 e. The Hall–Kier alpha value is -3.49. The second-order valence-electron chi connectivity index (χ2n) is 7.69. The standard InChI is InChI=1S/C26H19BrN2O4S/c1-15-22(25(31)32-2)23(17-6-4-3-5-7-17)29-24(30)21(34-26(29)28-15)14-19-12-13-20(33-19)16-8-10-18(27)11-9-16/h3-14,23H,1-2H3/b21-14-/t23-/m0/s1. The lowest BCUT2D eigenvalue weighted by molar-refractivity contribution is -0.136. The number of benzene rings is 2. The SMILES string of the molecule is COC(=O)C1=C(C)N=c2s/c(=C\c3ccc(-c4ccc(Br)cc4)o3)c(=O)n2[C@H]1c1ccccc1. The molecule has 0 bridgehead atoms. The quantitative estimate of drug-likeness (QED) is 0.363. The van der Waals surface area contributed by atoms with Crippen molar-refractivity contribution in [2.75, 3.05) is 7.11 Å². The van der Waals surface area contributed by atoms with Gasteiger partial charge in [-0.05, 0) is 36.8 Å². The first kappa shape index (κ1) is 22.3. The number of rotatable bonds is 4. The van der Waals surface area contributed by atoms with E-state index in [-0.39, 0.29) is 5.56 Å². The summed E-state index contributed by atoms with van der Waals surface area (Å²) in [7, 11) is 1.33. The molecule has 34 heavy (non-hydrogen) atoms. The molecular weight excluding hydrogens is 516 g/mol. The van der Waals surface area contributed by atoms with Crippen LogP contribution < -0.4 is 14.9 Å². The van der Waals surface area contributed by atoms with Crippen LogP contribution in [0.25, 0.3) is 17.4 Å². The number of ether oxygens (including phenoxy) is 1. The number of aromatic nitrogens is 1. The number of esters is 1. The zero-order valence-electron chi connectivity index (χ0n) is 18.3. The Kier molecular flexibility index (Phi) is 5.93. The van der Waals surface area contributed by atoms with E-state index in [1.54, 1.807) is 17.6 Å². The molecule has 0 saturated carbocycles. The van der Waals surface area contributed by atoms with E-state index in [1.807, 2.05) is 66.7 Å². The summed E-state index contributed by atoms with van der Waals surface area (Å²) in [6, 6.07) is 20.3. The molecule has 0 amide bonds. The largest absolute Gasteiger partial charge is 0.466 e. The Morgan fingerprint density at radius 2 is 1.85 bits per heavy atom. The average molecular weight is 535 g/mol. The van der Waals surface area contributed by atoms with Gasteiger partial charge in [0.15, 0.2) is 4.80 Å². The molecule has 1 aliphatic rings. The lowest BCUT2D eigenvalue weighted by atomic mass is 9.96. The number of carbonyl (C=O) groups is 1. The molecule has 0 unspecified atom stereocenters. The van der Waals surface area contributed by atoms with Gasteiger partial charge in [0.25, 0.3) is 5.56 Å². The minimum absolute atomic E-state index is 0.243. The van der Waals surface area contributed by atoms with Crippen molar-refractivity contribution in [1.29, 1.82) is 0 Å². The molecule has 0 fully saturated rings. The molecule has 2 aromatic carbocycles. The van der Waals surface area contributed by atoms with Gasteiger partial charge in [-0.2, -0.15) is 0 Å². The van der Waals surface area contributed by atoms with E-state index in [0.29, 0.717) is 32.1 Å². The molecule has 2 aromatic heterocycles. The number of hydrogen-bond acceptors (Lipinski definition) is 6. The first-order valence-electron chi connectivity index (χ1n) is 10.5. The number of nitrogens with zero attached hydrogens (tertiary/aromatic N) is 2. The number of carbonyl (C=O) groups excluding carboxylic acids is 1. The number of methoxy groups -OCH3 is 1. The average Bonchev–Trinajstić information content (AvgIpc) is 3.43. The van der Waals surface area contributed by atoms with Crippen molar-refractivity contribution >= 4 is 39.3 Å². The zero-order valence-corrected chi connectivity index (χ0v) is 20.7. The minimum atomic E-state index is -0.623. The Balaban J connectivity index is 1.63. The van der Waals surface area contributed by atoms with Gasteiger partial charge >= 0.3 is 5.97 Å². The second kappa shape index (κ2) is 9.04. The van der Waals surface area contributed by atoms with Crippen molar-refractivity contribution in [1.82, 2.24) is 4.57 Å². The number of fused-ring (bicyclic) bond motifs is 1. The third kappa shape index (κ3) is 3.99. The van der Waals surface area contributed by atoms with Gasteiger partial charge in [0.2, 0.25) is 0 Å². The molecule has 1 atom stereocenters. The molecule has 8 heteroatoms. The fraction of sp³-hybridized carbons (Fsp3) is 0.115. The molecule has 6 nitrogen and oxygen atoms in total. The van der Waals surface area contributed by atoms with Gasteiger partial charge in [-0.25, -0.2) is 9.79 Å². The summed E-state index contributed by atoms with van der Waals surface area (Å²) in [5.74, 6) is 0.760. The van der Waals surface area contributed by atoms with Crippen LogP contribution in [0.4, 0.5) is 0 Å². The molecule has 170 valence electrons. The summed E-state index contributed by atoms with van der Waals surface area (Å²) in [4.78, 5) is 31.3. The van der Waals surface area contributed by atoms with E-state index in [0.717, 1.165) is 15.6 Å². The molecule has 0 saturated heterocycles. The van der Waals surface area contributed by atoms with Crippen LogP contribution in [0.2, 0.25) is 0 Å². The van der Waals surface area contributed by atoms with Crippen molar-refractivity contribution in [3.63, 3.8) is 0 Å². The summed E-state index contributed by atoms with van der Waals surface area (Å²) >= 11 is 4.70. The van der Waals surface area contributed by atoms with Crippen LogP contribution in [0.3, 0.4) is 0 Å². The fourth-order valence-corrected chi connectivity index (χ4v) is 5.26. The molecule has 0 N–H and O–H groups in total. The number of furan rings is 1. The topological polar surface area (TPSA) is 73.8 Å². The number of hydrogen-bond donors (Lipinski definition) is 0. The maximum absolute atomic E-state index is 13.5. The summed E-state index contributed by atoms with van der Waals surface area (Å²) in [5, 5.41) is 0. The number of thiazole rings is 1. The summed E-state index contributed by atoms with van der Waals surface area (Å²) in [6.07, 6.45) is 1.71. The highest BCUT2D eigenvalue weighted by Crippen LogP contribution is 2.30. The molecule has 0 aliphatic carbocycles. The molecule has 3 heterocycles. The van der Waals surface area contributed by atoms with Crippen LogP contribution in [0.5, 0.6) is 0 Å². The van der Waals surface area contributed by atoms with Crippen molar-refractivity contribution in [3.05, 3.63) is 113 Å². The Labute approximate surface area is 207 Å². The molecular formula is C26H19BrN2O4S. The highest BCUT2D eigenvalue weighted by atomic mass is 79.9. The molecule has 0 spiro atoms. The lowest BCUT2D eigenvalue weighted by Crippen LogP contribution is -2.39. The first-order valence-corrected chi connectivity index (χ1v) is 12.1. The zero-order chi connectivity index (χ0) is 23.8. The van der Waals surface area contributed by atoms with Crippen molar-refractivity contribution in [2.24, 2.45) is 4.99 Å². The van der Waals surface area contributed by atoms with Crippen molar-refractivity contribution in [3.8, 4) is 11.3 Å². The molecule has 1 aliphatic heterocycles. The van der Waals surface area contributed by atoms with Crippen LogP contribution in [-0.2, 0) is 9.53 Å². The third-order valence-electron chi connectivity index (χ3n) is 5.57. The van der Waals surface area contributed by atoms with Gasteiger partial charge < -0.3 is 9.15 Å². The summed E-state index contributed by atoms with van der Waals surface area (Å²) in [6.45, 7) is 1.76. The van der Waals surface area contributed by atoms with Crippen LogP contribution >= 0.6 is 27.3 Å². The van der Waals surface area contributed by atoms with Crippen LogP contribution in [0, 0.1) is 0 Å². The predicted molar refractivity (Wildman–Crippen MR) is 134 cm³/mol. The van der Waals surface area contributed by atoms with Crippen LogP contribution in [0.1, 0.15) is 24.3 Å².